The van der Waals surface area contributed by atoms with Gasteiger partial charge in [0.1, 0.15) is 0 Å². The first-order valence-corrected chi connectivity index (χ1v) is 6.96. The average Bonchev–Trinajstić information content (AvgIpc) is 2.98. The van der Waals surface area contributed by atoms with Crippen LogP contribution in [0.3, 0.4) is 0 Å². The summed E-state index contributed by atoms with van der Waals surface area (Å²) in [7, 11) is 0. The van der Waals surface area contributed by atoms with Crippen molar-refractivity contribution >= 4 is 11.3 Å². The van der Waals surface area contributed by atoms with Crippen molar-refractivity contribution < 1.29 is 4.57 Å². The van der Waals surface area contributed by atoms with Crippen molar-refractivity contribution in [3.8, 4) is 21.8 Å². The molecule has 1 aromatic heterocycles. The molecule has 0 radical (unpaired) electrons. The Labute approximate surface area is 110 Å². The Kier molecular flexibility index (Phi) is 2.11. The van der Waals surface area contributed by atoms with Gasteiger partial charge in [0.15, 0.2) is 6.54 Å². The summed E-state index contributed by atoms with van der Waals surface area (Å²) in [5.41, 5.74) is 5.48. The third-order valence-corrected chi connectivity index (χ3v) is 4.48. The summed E-state index contributed by atoms with van der Waals surface area (Å²) in [5.74, 6) is 0. The van der Waals surface area contributed by atoms with Crippen molar-refractivity contribution in [1.82, 2.24) is 0 Å². The number of nitrogens with zero attached hydrogens (tertiary/aromatic N) is 1. The minimum absolute atomic E-state index is 0.999. The zero-order chi connectivity index (χ0) is 11.9. The van der Waals surface area contributed by atoms with Crippen LogP contribution in [0.1, 0.15) is 5.56 Å². The molecule has 1 nitrogen and oxygen atoms in total. The van der Waals surface area contributed by atoms with E-state index in [-0.39, 0.29) is 0 Å². The molecule has 4 rings (SSSR count). The number of fused-ring (bicyclic) bond motifs is 3. The third kappa shape index (κ3) is 1.36. The molecule has 0 bridgehead atoms. The maximum atomic E-state index is 2.42. The Balaban J connectivity index is 1.91. The molecule has 0 amide bonds. The van der Waals surface area contributed by atoms with Gasteiger partial charge in [0.05, 0.1) is 16.5 Å². The molecule has 3 aromatic rings. The minimum atomic E-state index is 0.999. The van der Waals surface area contributed by atoms with E-state index in [1.54, 1.807) is 0 Å². The molecule has 2 heterocycles. The predicted octanol–water partition coefficient (Wildman–Crippen LogP) is 3.73. The van der Waals surface area contributed by atoms with Crippen molar-refractivity contribution in [2.45, 2.75) is 6.54 Å². The zero-order valence-electron chi connectivity index (χ0n) is 9.84. The maximum Gasteiger partial charge on any atom is 0.269 e. The summed E-state index contributed by atoms with van der Waals surface area (Å²) < 4.78 is 2.42. The number of aromatic nitrogens is 1. The molecule has 18 heavy (non-hydrogen) atoms. The summed E-state index contributed by atoms with van der Waals surface area (Å²) in [6.07, 6.45) is 0. The summed E-state index contributed by atoms with van der Waals surface area (Å²) in [4.78, 5) is 0. The lowest BCUT2D eigenvalue weighted by atomic mass is 10.1. The van der Waals surface area contributed by atoms with E-state index in [0.29, 0.717) is 0 Å². The highest BCUT2D eigenvalue weighted by Crippen LogP contribution is 2.33. The quantitative estimate of drug-likeness (QED) is 0.453. The van der Waals surface area contributed by atoms with Crippen LogP contribution in [0.15, 0.2) is 60.0 Å². The summed E-state index contributed by atoms with van der Waals surface area (Å²) in [6, 6.07) is 19.3. The first kappa shape index (κ1) is 10.0. The number of hydrogen-bond acceptors (Lipinski definition) is 1. The fraction of sp³-hybridized carbons (Fsp3) is 0.0625. The van der Waals surface area contributed by atoms with Gasteiger partial charge in [-0.15, -0.1) is 0 Å². The summed E-state index contributed by atoms with van der Waals surface area (Å²) in [5, 5.41) is 3.62. The van der Waals surface area contributed by atoms with Gasteiger partial charge in [0.25, 0.3) is 5.01 Å². The maximum absolute atomic E-state index is 2.42. The van der Waals surface area contributed by atoms with Crippen LogP contribution in [0.25, 0.3) is 21.8 Å². The first-order valence-electron chi connectivity index (χ1n) is 6.08. The van der Waals surface area contributed by atoms with Gasteiger partial charge in [-0.1, -0.05) is 47.7 Å². The Morgan fingerprint density at radius 2 is 1.67 bits per heavy atom. The number of thiazole rings is 1. The minimum Gasteiger partial charge on any atom is -0.177 e. The molecule has 0 fully saturated rings. The second-order valence-corrected chi connectivity index (χ2v) is 5.39. The smallest absolute Gasteiger partial charge is 0.177 e. The highest BCUT2D eigenvalue weighted by molar-refractivity contribution is 7.13. The van der Waals surface area contributed by atoms with Crippen LogP contribution in [0.5, 0.6) is 0 Å². The van der Waals surface area contributed by atoms with E-state index in [1.807, 2.05) is 11.3 Å². The van der Waals surface area contributed by atoms with Gasteiger partial charge in [-0.2, -0.15) is 4.57 Å². The monoisotopic (exact) mass is 250 g/mol. The van der Waals surface area contributed by atoms with Crippen LogP contribution in [0.4, 0.5) is 0 Å². The van der Waals surface area contributed by atoms with Gasteiger partial charge in [-0.3, -0.25) is 0 Å². The van der Waals surface area contributed by atoms with E-state index < -0.39 is 0 Å². The van der Waals surface area contributed by atoms with Gasteiger partial charge in [-0.05, 0) is 18.2 Å². The molecule has 0 unspecified atom stereocenters. The highest BCUT2D eigenvalue weighted by Gasteiger charge is 2.31. The standard InChI is InChI=1S/C16H12NS/c1-2-6-12(7-3-1)16-17-10-13-8-4-5-9-14(13)15(17)11-18-16/h1-9,11H,10H2/q+1. The average molecular weight is 250 g/mol. The summed E-state index contributed by atoms with van der Waals surface area (Å²) >= 11 is 1.83. The molecule has 1 aliphatic rings. The van der Waals surface area contributed by atoms with Crippen LogP contribution in [-0.2, 0) is 6.54 Å². The Bertz CT molecular complexity index is 713. The molecule has 86 valence electrons. The van der Waals surface area contributed by atoms with Crippen molar-refractivity contribution in [1.29, 1.82) is 0 Å². The van der Waals surface area contributed by atoms with E-state index in [9.17, 15) is 0 Å². The normalized spacial score (nSPS) is 12.2. The fourth-order valence-corrected chi connectivity index (χ4v) is 3.64. The molecule has 0 saturated heterocycles. The third-order valence-electron chi connectivity index (χ3n) is 3.46. The molecule has 0 atom stereocenters. The molecule has 0 spiro atoms. The Hall–Kier alpha value is -1.93. The highest BCUT2D eigenvalue weighted by atomic mass is 32.1. The SMILES string of the molecule is c1ccc(-c2scc3[n+]2Cc2ccccc2-3)cc1. The first-order chi connectivity index (χ1) is 8.93. The van der Waals surface area contributed by atoms with Crippen molar-refractivity contribution in [2.24, 2.45) is 0 Å². The van der Waals surface area contributed by atoms with E-state index in [4.69, 9.17) is 0 Å². The number of hydrogen-bond donors (Lipinski definition) is 0. The fourth-order valence-electron chi connectivity index (χ4n) is 2.60. The van der Waals surface area contributed by atoms with Crippen LogP contribution < -0.4 is 4.57 Å². The van der Waals surface area contributed by atoms with Gasteiger partial charge < -0.3 is 0 Å². The topological polar surface area (TPSA) is 3.88 Å². The Morgan fingerprint density at radius 1 is 0.889 bits per heavy atom. The summed E-state index contributed by atoms with van der Waals surface area (Å²) in [6.45, 7) is 0.999. The van der Waals surface area contributed by atoms with Crippen molar-refractivity contribution in [2.75, 3.05) is 0 Å². The van der Waals surface area contributed by atoms with Gasteiger partial charge >= 0.3 is 0 Å². The molecule has 2 aromatic carbocycles. The second-order valence-electron chi connectivity index (χ2n) is 4.54. The molecular formula is C16H12NS+. The van der Waals surface area contributed by atoms with Crippen LogP contribution in [0.2, 0.25) is 0 Å². The Morgan fingerprint density at radius 3 is 2.56 bits per heavy atom. The molecule has 0 N–H and O–H groups in total. The van der Waals surface area contributed by atoms with Crippen molar-refractivity contribution in [3.63, 3.8) is 0 Å². The predicted molar refractivity (Wildman–Crippen MR) is 74.5 cm³/mol. The van der Waals surface area contributed by atoms with Crippen LogP contribution in [-0.4, -0.2) is 0 Å². The zero-order valence-corrected chi connectivity index (χ0v) is 10.7. The molecule has 2 heteroatoms. The van der Waals surface area contributed by atoms with Gasteiger partial charge in [-0.25, -0.2) is 0 Å². The van der Waals surface area contributed by atoms with Gasteiger partial charge in [0, 0.05) is 5.56 Å². The van der Waals surface area contributed by atoms with Crippen LogP contribution in [0, 0.1) is 0 Å². The molecule has 1 aliphatic heterocycles. The van der Waals surface area contributed by atoms with Crippen LogP contribution >= 0.6 is 11.3 Å². The van der Waals surface area contributed by atoms with E-state index in [0.717, 1.165) is 6.54 Å². The largest absolute Gasteiger partial charge is 0.269 e. The van der Waals surface area contributed by atoms with E-state index in [2.05, 4.69) is 64.5 Å². The molecule has 0 saturated carbocycles. The van der Waals surface area contributed by atoms with E-state index >= 15 is 0 Å². The second kappa shape index (κ2) is 3.79. The van der Waals surface area contributed by atoms with Gasteiger partial charge in [0.2, 0.25) is 5.69 Å². The molecular weight excluding hydrogens is 238 g/mol. The lowest BCUT2D eigenvalue weighted by Gasteiger charge is -1.94. The van der Waals surface area contributed by atoms with E-state index in [1.165, 1.54) is 27.4 Å². The lowest BCUT2D eigenvalue weighted by Crippen LogP contribution is -2.32. The lowest BCUT2D eigenvalue weighted by molar-refractivity contribution is -0.656. The number of benzene rings is 2. The number of rotatable bonds is 1. The van der Waals surface area contributed by atoms with Crippen molar-refractivity contribution in [3.05, 3.63) is 65.5 Å². The molecule has 0 aliphatic carbocycles.